The molecule has 3 rings (SSSR count). The Bertz CT molecular complexity index is 754. The van der Waals surface area contributed by atoms with E-state index >= 15 is 0 Å². The second kappa shape index (κ2) is 5.48. The number of benzene rings is 1. The van der Waals surface area contributed by atoms with Crippen LogP contribution in [0.5, 0.6) is 5.75 Å². The van der Waals surface area contributed by atoms with Crippen LogP contribution in [-0.2, 0) is 0 Å². The minimum absolute atomic E-state index is 0.740. The Balaban J connectivity index is 2.04. The zero-order chi connectivity index (χ0) is 13.8. The fourth-order valence-corrected chi connectivity index (χ4v) is 1.96. The smallest absolute Gasteiger partial charge is 0.145 e. The van der Waals surface area contributed by atoms with Crippen molar-refractivity contribution in [2.75, 3.05) is 7.11 Å². The molecule has 0 fully saturated rings. The van der Waals surface area contributed by atoms with E-state index < -0.39 is 0 Å². The molecular formula is C16H13N3O. The number of rotatable bonds is 3. The molecular weight excluding hydrogens is 250 g/mol. The van der Waals surface area contributed by atoms with Gasteiger partial charge in [-0.3, -0.25) is 9.97 Å². The van der Waals surface area contributed by atoms with Crippen LogP contribution < -0.4 is 4.74 Å². The van der Waals surface area contributed by atoms with Gasteiger partial charge in [-0.05, 0) is 24.3 Å². The van der Waals surface area contributed by atoms with Crippen LogP contribution in [0.3, 0.4) is 0 Å². The molecule has 0 unspecified atom stereocenters. The number of para-hydroxylation sites is 1. The summed E-state index contributed by atoms with van der Waals surface area (Å²) in [5, 5.41) is 1.06. The fraction of sp³-hybridized carbons (Fsp3) is 0.0625. The van der Waals surface area contributed by atoms with Crippen LogP contribution >= 0.6 is 0 Å². The van der Waals surface area contributed by atoms with Crippen molar-refractivity contribution in [2.45, 2.75) is 0 Å². The first kappa shape index (κ1) is 12.3. The molecule has 0 bridgehead atoms. The first-order valence-electron chi connectivity index (χ1n) is 6.25. The Labute approximate surface area is 116 Å². The topological polar surface area (TPSA) is 47.9 Å². The number of hydrogen-bond donors (Lipinski definition) is 0. The maximum atomic E-state index is 5.39. The van der Waals surface area contributed by atoms with Gasteiger partial charge in [-0.1, -0.05) is 18.2 Å². The van der Waals surface area contributed by atoms with Gasteiger partial charge in [0.25, 0.3) is 0 Å². The average molecular weight is 263 g/mol. The Morgan fingerprint density at radius 1 is 1.10 bits per heavy atom. The van der Waals surface area contributed by atoms with Crippen molar-refractivity contribution in [1.82, 2.24) is 15.0 Å². The molecule has 4 nitrogen and oxygen atoms in total. The van der Waals surface area contributed by atoms with Crippen LogP contribution in [0.4, 0.5) is 0 Å². The van der Waals surface area contributed by atoms with E-state index in [1.54, 1.807) is 25.7 Å². The predicted octanol–water partition coefficient (Wildman–Crippen LogP) is 3.20. The van der Waals surface area contributed by atoms with Crippen LogP contribution in [0.25, 0.3) is 23.1 Å². The number of pyridine rings is 1. The first-order chi connectivity index (χ1) is 9.86. The molecule has 2 heterocycles. The molecule has 0 N–H and O–H groups in total. The van der Waals surface area contributed by atoms with E-state index in [9.17, 15) is 0 Å². The lowest BCUT2D eigenvalue weighted by atomic mass is 10.2. The summed E-state index contributed by atoms with van der Waals surface area (Å²) in [6.07, 6.45) is 8.75. The highest BCUT2D eigenvalue weighted by Gasteiger charge is 2.04. The Kier molecular flexibility index (Phi) is 3.37. The number of nitrogens with zero attached hydrogens (tertiary/aromatic N) is 3. The van der Waals surface area contributed by atoms with Gasteiger partial charge in [-0.15, -0.1) is 0 Å². The first-order valence-corrected chi connectivity index (χ1v) is 6.25. The van der Waals surface area contributed by atoms with Crippen molar-refractivity contribution in [2.24, 2.45) is 0 Å². The summed E-state index contributed by atoms with van der Waals surface area (Å²) in [4.78, 5) is 12.8. The van der Waals surface area contributed by atoms with E-state index in [2.05, 4.69) is 15.0 Å². The van der Waals surface area contributed by atoms with Gasteiger partial charge in [-0.25, -0.2) is 4.98 Å². The van der Waals surface area contributed by atoms with E-state index in [4.69, 9.17) is 4.74 Å². The van der Waals surface area contributed by atoms with Gasteiger partial charge >= 0.3 is 0 Å². The molecule has 98 valence electrons. The Morgan fingerprint density at radius 2 is 2.00 bits per heavy atom. The molecule has 0 atom stereocenters. The normalized spacial score (nSPS) is 11.1. The van der Waals surface area contributed by atoms with Crippen molar-refractivity contribution in [3.8, 4) is 5.75 Å². The molecule has 0 radical (unpaired) electrons. The highest BCUT2D eigenvalue weighted by atomic mass is 16.5. The molecule has 0 saturated heterocycles. The molecule has 0 spiro atoms. The van der Waals surface area contributed by atoms with Gasteiger partial charge in [0.2, 0.25) is 0 Å². The standard InChI is InChI=1S/C16H13N3O/c1-20-16-10-12-4-2-3-5-14(12)19-15(16)7-6-13-11-17-8-9-18-13/h2-11H,1H3/b7-6+. The molecule has 0 amide bonds. The maximum Gasteiger partial charge on any atom is 0.145 e. The minimum Gasteiger partial charge on any atom is -0.494 e. The predicted molar refractivity (Wildman–Crippen MR) is 79.3 cm³/mol. The van der Waals surface area contributed by atoms with Crippen LogP contribution in [0.1, 0.15) is 11.4 Å². The molecule has 20 heavy (non-hydrogen) atoms. The summed E-state index contributed by atoms with van der Waals surface area (Å²) < 4.78 is 5.39. The quantitative estimate of drug-likeness (QED) is 0.728. The van der Waals surface area contributed by atoms with Gasteiger partial charge < -0.3 is 4.74 Å². The van der Waals surface area contributed by atoms with Gasteiger partial charge in [0, 0.05) is 17.8 Å². The van der Waals surface area contributed by atoms with E-state index in [0.717, 1.165) is 28.0 Å². The molecule has 2 aromatic heterocycles. The van der Waals surface area contributed by atoms with E-state index in [1.165, 1.54) is 0 Å². The van der Waals surface area contributed by atoms with E-state index in [1.807, 2.05) is 42.5 Å². The van der Waals surface area contributed by atoms with Crippen LogP contribution in [0, 0.1) is 0 Å². The third kappa shape index (κ3) is 2.49. The van der Waals surface area contributed by atoms with Crippen molar-refractivity contribution in [3.63, 3.8) is 0 Å². The zero-order valence-electron chi connectivity index (χ0n) is 11.0. The maximum absolute atomic E-state index is 5.39. The third-order valence-corrected chi connectivity index (χ3v) is 2.93. The third-order valence-electron chi connectivity index (χ3n) is 2.93. The molecule has 0 aliphatic heterocycles. The summed E-state index contributed by atoms with van der Waals surface area (Å²) in [7, 11) is 1.64. The number of methoxy groups -OCH3 is 1. The van der Waals surface area contributed by atoms with Gasteiger partial charge in [0.05, 0.1) is 24.5 Å². The lowest BCUT2D eigenvalue weighted by Gasteiger charge is -2.06. The zero-order valence-corrected chi connectivity index (χ0v) is 11.0. The van der Waals surface area contributed by atoms with Crippen LogP contribution in [-0.4, -0.2) is 22.1 Å². The number of aromatic nitrogens is 3. The van der Waals surface area contributed by atoms with E-state index in [-0.39, 0.29) is 0 Å². The molecule has 4 heteroatoms. The highest BCUT2D eigenvalue weighted by molar-refractivity contribution is 5.83. The number of fused-ring (bicyclic) bond motifs is 1. The van der Waals surface area contributed by atoms with Crippen molar-refractivity contribution >= 4 is 23.1 Å². The van der Waals surface area contributed by atoms with Gasteiger partial charge in [0.15, 0.2) is 0 Å². The lowest BCUT2D eigenvalue weighted by molar-refractivity contribution is 0.412. The summed E-state index contributed by atoms with van der Waals surface area (Å²) in [5.41, 5.74) is 2.49. The Hall–Kier alpha value is -2.75. The second-order valence-corrected chi connectivity index (χ2v) is 4.23. The largest absolute Gasteiger partial charge is 0.494 e. The summed E-state index contributed by atoms with van der Waals surface area (Å²) in [6, 6.07) is 9.94. The van der Waals surface area contributed by atoms with Gasteiger partial charge in [0.1, 0.15) is 11.4 Å². The monoisotopic (exact) mass is 263 g/mol. The average Bonchev–Trinajstić information content (AvgIpc) is 2.53. The van der Waals surface area contributed by atoms with E-state index in [0.29, 0.717) is 0 Å². The molecule has 0 saturated carbocycles. The molecule has 0 aliphatic rings. The van der Waals surface area contributed by atoms with Gasteiger partial charge in [-0.2, -0.15) is 0 Å². The van der Waals surface area contributed by atoms with Crippen molar-refractivity contribution in [1.29, 1.82) is 0 Å². The number of ether oxygens (including phenoxy) is 1. The molecule has 0 aliphatic carbocycles. The highest BCUT2D eigenvalue weighted by Crippen LogP contribution is 2.24. The minimum atomic E-state index is 0.740. The SMILES string of the molecule is COc1cc2ccccc2nc1/C=C/c1cnccn1. The lowest BCUT2D eigenvalue weighted by Crippen LogP contribution is -1.91. The second-order valence-electron chi connectivity index (χ2n) is 4.23. The van der Waals surface area contributed by atoms with Crippen LogP contribution in [0.15, 0.2) is 48.9 Å². The van der Waals surface area contributed by atoms with Crippen molar-refractivity contribution < 1.29 is 4.74 Å². The summed E-state index contributed by atoms with van der Waals surface area (Å²) in [5.74, 6) is 0.740. The fourth-order valence-electron chi connectivity index (χ4n) is 1.96. The summed E-state index contributed by atoms with van der Waals surface area (Å²) in [6.45, 7) is 0. The number of hydrogen-bond acceptors (Lipinski definition) is 4. The van der Waals surface area contributed by atoms with Crippen molar-refractivity contribution in [3.05, 3.63) is 60.3 Å². The molecule has 3 aromatic rings. The Morgan fingerprint density at radius 3 is 2.80 bits per heavy atom. The molecule has 1 aromatic carbocycles. The summed E-state index contributed by atoms with van der Waals surface area (Å²) >= 11 is 0. The van der Waals surface area contributed by atoms with Crippen LogP contribution in [0.2, 0.25) is 0 Å².